The minimum Gasteiger partial charge on any atom is -0.324 e. The van der Waals surface area contributed by atoms with Crippen molar-refractivity contribution >= 4 is 21.6 Å². The highest BCUT2D eigenvalue weighted by atomic mass is 35.5. The van der Waals surface area contributed by atoms with Gasteiger partial charge in [0.1, 0.15) is 5.15 Å². The SMILES string of the molecule is CN(Cc1cccc(C#N)c1)S(=O)(=O)c1ncn(C)c1Cl. The molecule has 0 atom stereocenters. The van der Waals surface area contributed by atoms with Crippen molar-refractivity contribution in [2.45, 2.75) is 11.6 Å². The number of sulfonamides is 1. The first-order valence-corrected chi connectivity index (χ1v) is 7.80. The Morgan fingerprint density at radius 2 is 2.19 bits per heavy atom. The van der Waals surface area contributed by atoms with Crippen molar-refractivity contribution < 1.29 is 8.42 Å². The van der Waals surface area contributed by atoms with Crippen molar-refractivity contribution in [3.8, 4) is 6.07 Å². The molecule has 21 heavy (non-hydrogen) atoms. The number of benzene rings is 1. The van der Waals surface area contributed by atoms with Crippen LogP contribution in [-0.4, -0.2) is 29.3 Å². The number of imidazole rings is 1. The number of hydrogen-bond acceptors (Lipinski definition) is 4. The number of aromatic nitrogens is 2. The molecular formula is C13H13ClN4O2S. The van der Waals surface area contributed by atoms with E-state index in [-0.39, 0.29) is 16.7 Å². The van der Waals surface area contributed by atoms with Crippen LogP contribution in [0.5, 0.6) is 0 Å². The third kappa shape index (κ3) is 3.08. The van der Waals surface area contributed by atoms with Crippen molar-refractivity contribution in [1.29, 1.82) is 5.26 Å². The average Bonchev–Trinajstić information content (AvgIpc) is 2.79. The fourth-order valence-corrected chi connectivity index (χ4v) is 3.33. The van der Waals surface area contributed by atoms with Crippen LogP contribution >= 0.6 is 11.6 Å². The normalized spacial score (nSPS) is 11.6. The van der Waals surface area contributed by atoms with Crippen LogP contribution in [0.15, 0.2) is 35.6 Å². The standard InChI is InChI=1S/C13H13ClN4O2S/c1-17-9-16-13(12(17)14)21(19,20)18(2)8-11-5-3-4-10(6-11)7-15/h3-6,9H,8H2,1-2H3. The fourth-order valence-electron chi connectivity index (χ4n) is 1.80. The molecule has 0 saturated heterocycles. The lowest BCUT2D eigenvalue weighted by molar-refractivity contribution is 0.464. The second-order valence-electron chi connectivity index (χ2n) is 4.52. The van der Waals surface area contributed by atoms with Crippen LogP contribution in [0.3, 0.4) is 0 Å². The summed E-state index contributed by atoms with van der Waals surface area (Å²) in [7, 11) is -0.720. The predicted octanol–water partition coefficient (Wildman–Crippen LogP) is 1.77. The third-order valence-corrected chi connectivity index (χ3v) is 5.25. The summed E-state index contributed by atoms with van der Waals surface area (Å²) < 4.78 is 27.4. The number of rotatable bonds is 4. The monoisotopic (exact) mass is 324 g/mol. The maximum atomic E-state index is 12.4. The Kier molecular flexibility index (Phi) is 4.32. The van der Waals surface area contributed by atoms with E-state index >= 15 is 0 Å². The van der Waals surface area contributed by atoms with Crippen molar-refractivity contribution in [1.82, 2.24) is 13.9 Å². The quantitative estimate of drug-likeness (QED) is 0.858. The molecule has 0 N–H and O–H groups in total. The van der Waals surface area contributed by atoms with Crippen LogP contribution in [0.1, 0.15) is 11.1 Å². The Labute approximate surface area is 128 Å². The molecule has 0 fully saturated rings. The minimum atomic E-state index is -3.78. The summed E-state index contributed by atoms with van der Waals surface area (Å²) in [5, 5.41) is 8.75. The van der Waals surface area contributed by atoms with Gasteiger partial charge in [0.2, 0.25) is 5.03 Å². The average molecular weight is 325 g/mol. The second-order valence-corrected chi connectivity index (χ2v) is 6.84. The molecule has 0 unspecified atom stereocenters. The molecule has 0 spiro atoms. The molecule has 8 heteroatoms. The molecule has 1 heterocycles. The number of nitrogens with zero attached hydrogens (tertiary/aromatic N) is 4. The van der Waals surface area contributed by atoms with Gasteiger partial charge in [0.05, 0.1) is 18.0 Å². The molecule has 2 aromatic rings. The van der Waals surface area contributed by atoms with Crippen LogP contribution in [0.4, 0.5) is 0 Å². The van der Waals surface area contributed by atoms with Crippen molar-refractivity contribution in [3.63, 3.8) is 0 Å². The fraction of sp³-hybridized carbons (Fsp3) is 0.231. The van der Waals surface area contributed by atoms with Gasteiger partial charge in [0.15, 0.2) is 0 Å². The highest BCUT2D eigenvalue weighted by Gasteiger charge is 2.27. The predicted molar refractivity (Wildman–Crippen MR) is 78.0 cm³/mol. The summed E-state index contributed by atoms with van der Waals surface area (Å²) in [6.07, 6.45) is 1.35. The lowest BCUT2D eigenvalue weighted by Gasteiger charge is -2.16. The van der Waals surface area contributed by atoms with Gasteiger partial charge in [-0.05, 0) is 17.7 Å². The molecule has 0 amide bonds. The van der Waals surface area contributed by atoms with E-state index in [2.05, 4.69) is 4.98 Å². The summed E-state index contributed by atoms with van der Waals surface area (Å²) in [4.78, 5) is 3.83. The molecular weight excluding hydrogens is 312 g/mol. The second kappa shape index (κ2) is 5.85. The first-order chi connectivity index (χ1) is 9.86. The maximum absolute atomic E-state index is 12.4. The minimum absolute atomic E-state index is 0.0626. The maximum Gasteiger partial charge on any atom is 0.263 e. The first kappa shape index (κ1) is 15.5. The van der Waals surface area contributed by atoms with Gasteiger partial charge in [-0.1, -0.05) is 23.7 Å². The van der Waals surface area contributed by atoms with Crippen LogP contribution in [0.2, 0.25) is 5.15 Å². The Morgan fingerprint density at radius 3 is 2.76 bits per heavy atom. The summed E-state index contributed by atoms with van der Waals surface area (Å²) in [6, 6.07) is 8.79. The molecule has 2 rings (SSSR count). The Balaban J connectivity index is 2.29. The zero-order chi connectivity index (χ0) is 15.6. The third-order valence-electron chi connectivity index (χ3n) is 2.95. The molecule has 0 radical (unpaired) electrons. The topological polar surface area (TPSA) is 79.0 Å². The molecule has 0 bridgehead atoms. The van der Waals surface area contributed by atoms with Gasteiger partial charge < -0.3 is 4.57 Å². The first-order valence-electron chi connectivity index (χ1n) is 5.98. The van der Waals surface area contributed by atoms with Crippen LogP contribution in [-0.2, 0) is 23.6 Å². The lowest BCUT2D eigenvalue weighted by atomic mass is 10.1. The van der Waals surface area contributed by atoms with Crippen molar-refractivity contribution in [2.75, 3.05) is 7.05 Å². The van der Waals surface area contributed by atoms with E-state index in [0.717, 1.165) is 4.31 Å². The highest BCUT2D eigenvalue weighted by Crippen LogP contribution is 2.22. The van der Waals surface area contributed by atoms with E-state index in [0.29, 0.717) is 11.1 Å². The molecule has 1 aromatic heterocycles. The summed E-state index contributed by atoms with van der Waals surface area (Å²) >= 11 is 5.94. The largest absolute Gasteiger partial charge is 0.324 e. The summed E-state index contributed by atoms with van der Waals surface area (Å²) in [5.41, 5.74) is 1.20. The molecule has 0 aliphatic heterocycles. The van der Waals surface area contributed by atoms with Gasteiger partial charge in [-0.2, -0.15) is 9.57 Å². The molecule has 0 saturated carbocycles. The number of halogens is 1. The smallest absolute Gasteiger partial charge is 0.263 e. The van der Waals surface area contributed by atoms with Crippen molar-refractivity contribution in [3.05, 3.63) is 46.9 Å². The number of nitriles is 1. The van der Waals surface area contributed by atoms with E-state index in [9.17, 15) is 8.42 Å². The van der Waals surface area contributed by atoms with E-state index in [1.165, 1.54) is 17.9 Å². The highest BCUT2D eigenvalue weighted by molar-refractivity contribution is 7.89. The summed E-state index contributed by atoms with van der Waals surface area (Å²) in [5.74, 6) is 0. The van der Waals surface area contributed by atoms with Crippen molar-refractivity contribution in [2.24, 2.45) is 7.05 Å². The van der Waals surface area contributed by atoms with Gasteiger partial charge in [-0.3, -0.25) is 0 Å². The van der Waals surface area contributed by atoms with Crippen LogP contribution < -0.4 is 0 Å². The van der Waals surface area contributed by atoms with Gasteiger partial charge in [-0.15, -0.1) is 0 Å². The zero-order valence-corrected chi connectivity index (χ0v) is 13.1. The van der Waals surface area contributed by atoms with E-state index < -0.39 is 10.0 Å². The van der Waals surface area contributed by atoms with Gasteiger partial charge in [0.25, 0.3) is 10.0 Å². The van der Waals surface area contributed by atoms with Crippen LogP contribution in [0, 0.1) is 11.3 Å². The van der Waals surface area contributed by atoms with E-state index in [1.807, 2.05) is 6.07 Å². The van der Waals surface area contributed by atoms with E-state index in [4.69, 9.17) is 16.9 Å². The number of aryl methyl sites for hydroxylation is 1. The Hall–Kier alpha value is -1.88. The molecule has 110 valence electrons. The lowest BCUT2D eigenvalue weighted by Crippen LogP contribution is -2.27. The Morgan fingerprint density at radius 1 is 1.48 bits per heavy atom. The van der Waals surface area contributed by atoms with Crippen LogP contribution in [0.25, 0.3) is 0 Å². The Bertz CT molecular complexity index is 808. The number of hydrogen-bond donors (Lipinski definition) is 0. The van der Waals surface area contributed by atoms with Gasteiger partial charge in [0, 0.05) is 20.6 Å². The van der Waals surface area contributed by atoms with E-state index in [1.54, 1.807) is 31.3 Å². The van der Waals surface area contributed by atoms with Gasteiger partial charge >= 0.3 is 0 Å². The zero-order valence-electron chi connectivity index (χ0n) is 11.5. The molecule has 0 aliphatic carbocycles. The summed E-state index contributed by atoms with van der Waals surface area (Å²) in [6.45, 7) is 0.130. The van der Waals surface area contributed by atoms with Gasteiger partial charge in [-0.25, -0.2) is 13.4 Å². The molecule has 1 aromatic carbocycles. The molecule has 6 nitrogen and oxygen atoms in total. The molecule has 0 aliphatic rings.